The fourth-order valence-corrected chi connectivity index (χ4v) is 2.95. The summed E-state index contributed by atoms with van der Waals surface area (Å²) in [6.45, 7) is 1.84. The molecule has 0 saturated carbocycles. The second kappa shape index (κ2) is 8.58. The van der Waals surface area contributed by atoms with Gasteiger partial charge in [0.25, 0.3) is 11.8 Å². The van der Waals surface area contributed by atoms with Crippen LogP contribution in [0.2, 0.25) is 5.02 Å². The highest BCUT2D eigenvalue weighted by molar-refractivity contribution is 6.34. The number of carbonyl (C=O) groups is 3. The summed E-state index contributed by atoms with van der Waals surface area (Å²) in [7, 11) is 0. The van der Waals surface area contributed by atoms with Crippen molar-refractivity contribution in [3.63, 3.8) is 0 Å². The Morgan fingerprint density at radius 1 is 0.828 bits per heavy atom. The van der Waals surface area contributed by atoms with Crippen molar-refractivity contribution in [1.82, 2.24) is 0 Å². The number of amides is 3. The van der Waals surface area contributed by atoms with Crippen molar-refractivity contribution in [2.75, 3.05) is 10.6 Å². The molecule has 7 heteroatoms. The molecule has 0 aliphatic carbocycles. The molecule has 3 amide bonds. The third kappa shape index (κ3) is 4.80. The highest BCUT2D eigenvalue weighted by Gasteiger charge is 2.13. The summed E-state index contributed by atoms with van der Waals surface area (Å²) in [6.07, 6.45) is 0. The normalized spacial score (nSPS) is 10.3. The number of rotatable bonds is 5. The Morgan fingerprint density at radius 3 is 2.17 bits per heavy atom. The molecule has 0 fully saturated rings. The number of aryl methyl sites for hydroxylation is 1. The van der Waals surface area contributed by atoms with Crippen LogP contribution in [-0.4, -0.2) is 17.7 Å². The van der Waals surface area contributed by atoms with Crippen LogP contribution in [0.1, 0.15) is 36.6 Å². The molecule has 6 nitrogen and oxygen atoms in total. The van der Waals surface area contributed by atoms with E-state index in [4.69, 9.17) is 17.3 Å². The van der Waals surface area contributed by atoms with Gasteiger partial charge in [-0.3, -0.25) is 14.4 Å². The second-order valence-corrected chi connectivity index (χ2v) is 6.77. The molecular formula is C22H18ClN3O3. The van der Waals surface area contributed by atoms with E-state index in [1.807, 2.05) is 13.0 Å². The maximum absolute atomic E-state index is 12.6. The Balaban J connectivity index is 1.78. The molecular weight excluding hydrogens is 390 g/mol. The van der Waals surface area contributed by atoms with Gasteiger partial charge in [0.2, 0.25) is 5.91 Å². The fraction of sp³-hybridized carbons (Fsp3) is 0.0455. The molecule has 3 rings (SSSR count). The van der Waals surface area contributed by atoms with E-state index in [0.717, 1.165) is 5.56 Å². The van der Waals surface area contributed by atoms with E-state index in [-0.39, 0.29) is 22.4 Å². The van der Waals surface area contributed by atoms with Crippen LogP contribution in [0.4, 0.5) is 11.4 Å². The Hall–Kier alpha value is -3.64. The summed E-state index contributed by atoms with van der Waals surface area (Å²) in [4.78, 5) is 36.3. The number of hydrogen-bond donors (Lipinski definition) is 3. The predicted octanol–water partition coefficient (Wildman–Crippen LogP) is 4.25. The molecule has 0 radical (unpaired) electrons. The lowest BCUT2D eigenvalue weighted by molar-refractivity contribution is 0.0997. The molecule has 0 atom stereocenters. The lowest BCUT2D eigenvalue weighted by atomic mass is 10.1. The summed E-state index contributed by atoms with van der Waals surface area (Å²) in [6, 6.07) is 18.2. The number of benzene rings is 3. The Morgan fingerprint density at radius 2 is 1.52 bits per heavy atom. The van der Waals surface area contributed by atoms with Crippen molar-refractivity contribution in [3.8, 4) is 0 Å². The zero-order chi connectivity index (χ0) is 21.0. The van der Waals surface area contributed by atoms with E-state index in [0.29, 0.717) is 22.5 Å². The first-order valence-corrected chi connectivity index (χ1v) is 9.10. The molecule has 3 aromatic carbocycles. The number of halogens is 1. The molecule has 0 heterocycles. The Kier molecular flexibility index (Phi) is 5.95. The zero-order valence-electron chi connectivity index (χ0n) is 15.5. The standard InChI is InChI=1S/C22H18ClN3O3/c1-13-7-8-15(11-19(13)26-21(28)14-5-3-2-4-6-14)22(29)25-16-9-10-17(20(24)27)18(23)12-16/h2-12H,1H3,(H2,24,27)(H,25,29)(H,26,28). The van der Waals surface area contributed by atoms with Crippen LogP contribution in [0, 0.1) is 6.92 Å². The summed E-state index contributed by atoms with van der Waals surface area (Å²) in [5.41, 5.74) is 8.04. The number of anilines is 2. The highest BCUT2D eigenvalue weighted by Crippen LogP contribution is 2.22. The molecule has 4 N–H and O–H groups in total. The van der Waals surface area contributed by atoms with Gasteiger partial charge in [-0.15, -0.1) is 0 Å². The molecule has 0 aliphatic heterocycles. The summed E-state index contributed by atoms with van der Waals surface area (Å²) >= 11 is 6.02. The van der Waals surface area contributed by atoms with Gasteiger partial charge in [0.05, 0.1) is 10.6 Å². The highest BCUT2D eigenvalue weighted by atomic mass is 35.5. The van der Waals surface area contributed by atoms with Gasteiger partial charge in [0, 0.05) is 22.5 Å². The Bertz CT molecular complexity index is 1100. The first kappa shape index (κ1) is 20.1. The topological polar surface area (TPSA) is 101 Å². The van der Waals surface area contributed by atoms with Crippen LogP contribution < -0.4 is 16.4 Å². The fourth-order valence-electron chi connectivity index (χ4n) is 2.68. The smallest absolute Gasteiger partial charge is 0.255 e. The van der Waals surface area contributed by atoms with E-state index in [2.05, 4.69) is 10.6 Å². The lowest BCUT2D eigenvalue weighted by Crippen LogP contribution is -2.16. The number of nitrogens with two attached hydrogens (primary N) is 1. The third-order valence-corrected chi connectivity index (χ3v) is 4.59. The summed E-state index contributed by atoms with van der Waals surface area (Å²) in [5, 5.41) is 5.68. The average Bonchev–Trinajstić information content (AvgIpc) is 2.70. The lowest BCUT2D eigenvalue weighted by Gasteiger charge is -2.12. The molecule has 0 saturated heterocycles. The van der Waals surface area contributed by atoms with Gasteiger partial charge in [0.1, 0.15) is 0 Å². The molecule has 29 heavy (non-hydrogen) atoms. The number of primary amides is 1. The van der Waals surface area contributed by atoms with Gasteiger partial charge in [-0.2, -0.15) is 0 Å². The van der Waals surface area contributed by atoms with E-state index in [1.54, 1.807) is 42.5 Å². The maximum atomic E-state index is 12.6. The zero-order valence-corrected chi connectivity index (χ0v) is 16.3. The van der Waals surface area contributed by atoms with Crippen LogP contribution in [0.3, 0.4) is 0 Å². The molecule has 0 spiro atoms. The number of carbonyl (C=O) groups excluding carboxylic acids is 3. The quantitative estimate of drug-likeness (QED) is 0.589. The van der Waals surface area contributed by atoms with Gasteiger partial charge in [-0.25, -0.2) is 0 Å². The average molecular weight is 408 g/mol. The van der Waals surface area contributed by atoms with E-state index in [9.17, 15) is 14.4 Å². The predicted molar refractivity (Wildman–Crippen MR) is 113 cm³/mol. The molecule has 0 bridgehead atoms. The van der Waals surface area contributed by atoms with E-state index in [1.165, 1.54) is 18.2 Å². The van der Waals surface area contributed by atoms with Crippen LogP contribution in [0.5, 0.6) is 0 Å². The molecule has 0 aromatic heterocycles. The van der Waals surface area contributed by atoms with Crippen molar-refractivity contribution in [3.05, 3.63) is 94.0 Å². The van der Waals surface area contributed by atoms with Gasteiger partial charge in [0.15, 0.2) is 0 Å². The first-order chi connectivity index (χ1) is 13.8. The second-order valence-electron chi connectivity index (χ2n) is 6.36. The van der Waals surface area contributed by atoms with Crippen molar-refractivity contribution < 1.29 is 14.4 Å². The van der Waals surface area contributed by atoms with Crippen LogP contribution in [0.25, 0.3) is 0 Å². The first-order valence-electron chi connectivity index (χ1n) is 8.73. The molecule has 0 unspecified atom stereocenters. The minimum absolute atomic E-state index is 0.148. The minimum Gasteiger partial charge on any atom is -0.366 e. The monoisotopic (exact) mass is 407 g/mol. The van der Waals surface area contributed by atoms with Crippen LogP contribution in [0.15, 0.2) is 66.7 Å². The van der Waals surface area contributed by atoms with Crippen LogP contribution >= 0.6 is 11.6 Å². The van der Waals surface area contributed by atoms with E-state index >= 15 is 0 Å². The molecule has 146 valence electrons. The molecule has 0 aliphatic rings. The minimum atomic E-state index is -0.648. The van der Waals surface area contributed by atoms with Crippen molar-refractivity contribution >= 4 is 40.7 Å². The van der Waals surface area contributed by atoms with Crippen molar-refractivity contribution in [2.24, 2.45) is 5.73 Å². The van der Waals surface area contributed by atoms with Gasteiger partial charge < -0.3 is 16.4 Å². The largest absolute Gasteiger partial charge is 0.366 e. The van der Waals surface area contributed by atoms with Gasteiger partial charge >= 0.3 is 0 Å². The Labute approximate surface area is 172 Å². The van der Waals surface area contributed by atoms with Crippen LogP contribution in [-0.2, 0) is 0 Å². The third-order valence-electron chi connectivity index (χ3n) is 4.28. The van der Waals surface area contributed by atoms with E-state index < -0.39 is 5.91 Å². The SMILES string of the molecule is Cc1ccc(C(=O)Nc2ccc(C(N)=O)c(Cl)c2)cc1NC(=O)c1ccccc1. The molecule has 3 aromatic rings. The number of nitrogens with one attached hydrogen (secondary N) is 2. The van der Waals surface area contributed by atoms with Gasteiger partial charge in [-0.1, -0.05) is 35.9 Å². The van der Waals surface area contributed by atoms with Crippen molar-refractivity contribution in [2.45, 2.75) is 6.92 Å². The van der Waals surface area contributed by atoms with Crippen molar-refractivity contribution in [1.29, 1.82) is 0 Å². The maximum Gasteiger partial charge on any atom is 0.255 e. The van der Waals surface area contributed by atoms with Gasteiger partial charge in [-0.05, 0) is 55.0 Å². The summed E-state index contributed by atoms with van der Waals surface area (Å²) in [5.74, 6) is -1.30. The summed E-state index contributed by atoms with van der Waals surface area (Å²) < 4.78 is 0. The number of hydrogen-bond acceptors (Lipinski definition) is 3.